The van der Waals surface area contributed by atoms with Gasteiger partial charge in [0, 0.05) is 11.7 Å². The van der Waals surface area contributed by atoms with Gasteiger partial charge >= 0.3 is 0 Å². The highest BCUT2D eigenvalue weighted by atomic mass is 35.7. The first-order chi connectivity index (χ1) is 14.3. The quantitative estimate of drug-likeness (QED) is 0.245. The van der Waals surface area contributed by atoms with Gasteiger partial charge in [-0.15, -0.1) is 0 Å². The van der Waals surface area contributed by atoms with E-state index in [1.54, 1.807) is 0 Å². The van der Waals surface area contributed by atoms with Crippen LogP contribution < -0.4 is 0 Å². The van der Waals surface area contributed by atoms with Crippen LogP contribution in [0.15, 0.2) is 4.99 Å². The van der Waals surface area contributed by atoms with E-state index < -0.39 is 45.8 Å². The molecule has 1 unspecified atom stereocenters. The summed E-state index contributed by atoms with van der Waals surface area (Å²) in [7, 11) is -8.60. The predicted octanol–water partition coefficient (Wildman–Crippen LogP) is 9.43. The molecule has 0 aromatic carbocycles. The largest absolute Gasteiger partial charge is 0.533 e. The smallest absolute Gasteiger partial charge is 0.252 e. The van der Waals surface area contributed by atoms with Gasteiger partial charge in [-0.1, -0.05) is 92.1 Å². The zero-order chi connectivity index (χ0) is 26.3. The summed E-state index contributed by atoms with van der Waals surface area (Å²) in [6.45, 7) is 38.6. The molecule has 1 saturated heterocycles. The van der Waals surface area contributed by atoms with Crippen molar-refractivity contribution in [2.24, 2.45) is 4.99 Å². The van der Waals surface area contributed by atoms with Crippen molar-refractivity contribution >= 4 is 57.2 Å². The maximum atomic E-state index is 7.80. The van der Waals surface area contributed by atoms with Gasteiger partial charge in [0.2, 0.25) is 0 Å². The fraction of sp³-hybridized carbons (Fsp3) is 0.958. The van der Waals surface area contributed by atoms with Crippen LogP contribution in [0.2, 0.25) is 75.5 Å². The van der Waals surface area contributed by atoms with Crippen LogP contribution in [0.3, 0.4) is 0 Å². The third-order valence-electron chi connectivity index (χ3n) is 9.06. The van der Waals surface area contributed by atoms with Crippen LogP contribution in [-0.2, 0) is 8.85 Å². The molecule has 3 aliphatic rings. The number of halogens is 1. The van der Waals surface area contributed by atoms with E-state index in [9.17, 15) is 0 Å². The van der Waals surface area contributed by atoms with E-state index in [0.717, 1.165) is 18.7 Å². The van der Waals surface area contributed by atoms with Gasteiger partial charge in [-0.25, -0.2) is 4.99 Å². The van der Waals surface area contributed by atoms with E-state index >= 15 is 0 Å². The van der Waals surface area contributed by atoms with Crippen LogP contribution in [0.1, 0.15) is 54.4 Å². The topological polar surface area (TPSA) is 30.8 Å². The molecule has 33 heavy (non-hydrogen) atoms. The van der Waals surface area contributed by atoms with E-state index in [1.165, 1.54) is 0 Å². The number of hydrogen-bond acceptors (Lipinski definition) is 3. The van der Waals surface area contributed by atoms with Gasteiger partial charge in [-0.05, 0) is 49.1 Å². The first kappa shape index (κ1) is 30.2. The molecular weight excluding hydrogens is 513 g/mol. The maximum Gasteiger partial charge on any atom is 0.252 e. The second-order valence-electron chi connectivity index (χ2n) is 15.5. The van der Waals surface area contributed by atoms with Crippen molar-refractivity contribution < 1.29 is 8.85 Å². The molecule has 0 amide bonds. The molecule has 2 bridgehead atoms. The van der Waals surface area contributed by atoms with Gasteiger partial charge in [0.25, 0.3) is 8.32 Å². The molecule has 3 rings (SSSR count). The van der Waals surface area contributed by atoms with Gasteiger partial charge in [0.15, 0.2) is 19.9 Å². The zero-order valence-electron chi connectivity index (χ0n) is 24.6. The Bertz CT molecular complexity index is 776. The Morgan fingerprint density at radius 2 is 1.24 bits per heavy atom. The summed E-state index contributed by atoms with van der Waals surface area (Å²) in [6, 6.07) is 0. The summed E-state index contributed by atoms with van der Waals surface area (Å²) in [4.78, 5) is 5.66. The van der Waals surface area contributed by atoms with Gasteiger partial charge in [-0.3, -0.25) is 0 Å². The molecule has 0 radical (unpaired) electrons. The second-order valence-corrected chi connectivity index (χ2v) is 39.8. The lowest BCUT2D eigenvalue weighted by Crippen LogP contribution is -2.81. The summed E-state index contributed by atoms with van der Waals surface area (Å²) in [6.07, 6.45) is 2.04. The van der Waals surface area contributed by atoms with Gasteiger partial charge in [0.1, 0.15) is 0 Å². The average Bonchev–Trinajstić information content (AvgIpc) is 2.48. The zero-order valence-corrected chi connectivity index (χ0v) is 30.2. The minimum absolute atomic E-state index is 0.00260. The van der Waals surface area contributed by atoms with Crippen LogP contribution in [0.5, 0.6) is 0 Å². The van der Waals surface area contributed by atoms with E-state index in [4.69, 9.17) is 25.1 Å². The highest BCUT2D eigenvalue weighted by Crippen LogP contribution is 2.76. The van der Waals surface area contributed by atoms with E-state index in [0.29, 0.717) is 0 Å². The van der Waals surface area contributed by atoms with E-state index in [1.807, 2.05) is 0 Å². The van der Waals surface area contributed by atoms with Crippen molar-refractivity contribution in [3.8, 4) is 0 Å². The van der Waals surface area contributed by atoms with E-state index in [-0.39, 0.29) is 20.1 Å². The summed E-state index contributed by atoms with van der Waals surface area (Å²) >= 11 is 7.80. The summed E-state index contributed by atoms with van der Waals surface area (Å²) in [5.41, 5.74) is -0.274. The van der Waals surface area contributed by atoms with Crippen LogP contribution in [0.25, 0.3) is 0 Å². The highest BCUT2D eigenvalue weighted by molar-refractivity contribution is 7.90. The van der Waals surface area contributed by atoms with Crippen molar-refractivity contribution in [2.75, 3.05) is 0 Å². The Hall–Kier alpha value is 1.02. The van der Waals surface area contributed by atoms with Gasteiger partial charge in [-0.2, -0.15) is 0 Å². The fourth-order valence-electron chi connectivity index (χ4n) is 5.80. The molecule has 3 nitrogen and oxygen atoms in total. The number of rotatable bonds is 5. The van der Waals surface area contributed by atoms with Gasteiger partial charge < -0.3 is 8.85 Å². The van der Waals surface area contributed by atoms with E-state index in [2.05, 4.69) is 107 Å². The van der Waals surface area contributed by atoms with Crippen molar-refractivity contribution in [2.45, 2.75) is 146 Å². The molecule has 0 aromatic heterocycles. The normalized spacial score (nSPS) is 29.2. The number of aliphatic imine (C=N–C) groups is 1. The first-order valence-corrected chi connectivity index (χ1v) is 27.8. The molecule has 0 spiro atoms. The highest BCUT2D eigenvalue weighted by Gasteiger charge is 2.75. The Kier molecular flexibility index (Phi) is 7.81. The maximum absolute atomic E-state index is 7.80. The number of nitrogens with zero attached hydrogens (tertiary/aromatic N) is 1. The third-order valence-corrected chi connectivity index (χ3v) is 37.3. The van der Waals surface area contributed by atoms with Crippen molar-refractivity contribution in [1.82, 2.24) is 0 Å². The second kappa shape index (κ2) is 8.52. The minimum Gasteiger partial charge on any atom is -0.533 e. The van der Waals surface area contributed by atoms with Crippen LogP contribution in [-0.4, -0.2) is 54.5 Å². The summed E-state index contributed by atoms with van der Waals surface area (Å²) in [5, 5.41) is 0.245. The van der Waals surface area contributed by atoms with Crippen molar-refractivity contribution in [3.63, 3.8) is 0 Å². The number of hydrogen-bond donors (Lipinski definition) is 0. The summed E-state index contributed by atoms with van der Waals surface area (Å²) < 4.78 is 14.6. The molecule has 0 aromatic rings. The Labute approximate surface area is 216 Å². The third kappa shape index (κ3) is 4.72. The molecule has 0 saturated carbocycles. The predicted molar refractivity (Wildman–Crippen MR) is 162 cm³/mol. The van der Waals surface area contributed by atoms with Crippen LogP contribution in [0.4, 0.5) is 0 Å². The molecule has 9 heteroatoms. The molecule has 0 aliphatic carbocycles. The minimum atomic E-state index is -2.12. The lowest BCUT2D eigenvalue weighted by molar-refractivity contribution is 0.0367. The fourth-order valence-corrected chi connectivity index (χ4v) is 33.7. The van der Waals surface area contributed by atoms with Crippen molar-refractivity contribution in [3.05, 3.63) is 0 Å². The lowest BCUT2D eigenvalue weighted by Gasteiger charge is -2.69. The lowest BCUT2D eigenvalue weighted by atomic mass is 10.0. The van der Waals surface area contributed by atoms with Crippen molar-refractivity contribution in [1.29, 1.82) is 0 Å². The molecule has 3 heterocycles. The van der Waals surface area contributed by atoms with Crippen LogP contribution in [0, 0.1) is 0 Å². The molecule has 0 N–H and O–H groups in total. The molecule has 3 atom stereocenters. The average molecular weight is 566 g/mol. The first-order valence-electron chi connectivity index (χ1n) is 12.7. The summed E-state index contributed by atoms with van der Waals surface area (Å²) in [5.74, 6) is 0.944. The Balaban J connectivity index is 2.87. The molecule has 3 aliphatic heterocycles. The Morgan fingerprint density at radius 1 is 0.818 bits per heavy atom. The monoisotopic (exact) mass is 565 g/mol. The molecule has 194 valence electrons. The molecule has 1 fully saturated rings. The number of fused-ring (bicyclic) bond motifs is 2. The van der Waals surface area contributed by atoms with Crippen LogP contribution >= 0.6 is 18.5 Å². The van der Waals surface area contributed by atoms with Gasteiger partial charge in [0.05, 0.1) is 21.8 Å². The Morgan fingerprint density at radius 3 is 1.61 bits per heavy atom. The SMILES string of the molecule is CC(C)(C)[Si](C)(C)OC1=N[C@@]2(O[Si](C)(C)C(C)(C)C)CC[C@@H]1P(Cl)C2([Si](C)(C)C)[Si](C)(C)C. The standard InChI is InChI=1S/C24H53ClNO2PSi4/c1-21(2,3)32(13,14)27-20-19-17-18-23(26-20,28-33(15,16)22(4,5)6)24(29(19)25,30(7,8)9)31(10,11)12/h19H,17-18H2,1-16H3/t19-,23+,29?/m0/s1. The molecular formula is C24H53ClNO2PSi4.